The summed E-state index contributed by atoms with van der Waals surface area (Å²) in [4.78, 5) is 36.3. The Morgan fingerprint density at radius 1 is 0.535 bits per heavy atom. The highest BCUT2D eigenvalue weighted by molar-refractivity contribution is 9.10. The number of carbonyl (C=O) groups is 3. The zero-order chi connectivity index (χ0) is 51.1. The van der Waals surface area contributed by atoms with Gasteiger partial charge in [0.1, 0.15) is 22.3 Å². The first-order valence-corrected chi connectivity index (χ1v) is 24.5. The van der Waals surface area contributed by atoms with Crippen LogP contribution in [0.4, 0.5) is 48.5 Å². The Balaban J connectivity index is 0.000000175. The van der Waals surface area contributed by atoms with Crippen LogP contribution in [-0.4, -0.2) is 54.7 Å². The van der Waals surface area contributed by atoms with E-state index in [-0.39, 0.29) is 49.3 Å². The van der Waals surface area contributed by atoms with Crippen molar-refractivity contribution in [2.24, 2.45) is 0 Å². The number of nitrogens with one attached hydrogen (secondary N) is 6. The van der Waals surface area contributed by atoms with Crippen molar-refractivity contribution in [2.45, 2.75) is 11.8 Å². The molecule has 0 fully saturated rings. The second kappa shape index (κ2) is 24.5. The molecule has 6 amide bonds. The number of ether oxygens (including phenoxy) is 1. The van der Waals surface area contributed by atoms with Crippen LogP contribution in [0.1, 0.15) is 6.92 Å². The summed E-state index contributed by atoms with van der Waals surface area (Å²) >= 11 is 14.9. The third-order valence-corrected chi connectivity index (χ3v) is 13.3. The van der Waals surface area contributed by atoms with Gasteiger partial charge in [-0.3, -0.25) is 0 Å². The standard InChI is InChI=1S/C19H14Cl2N2O2.C18H16N2O3.C15H15BrN2O4S/c20-15-10-11-16(18(24)17(15)21)23-19(25)22-14-8-6-13(7-9-14)12-4-2-1-3-5-12;1-23-17-9-5-4-8-14(17)19-18(22)20-15-10-12-6-2-3-7-13(12)11-16(15)21;1-2-23(21,22)10-7-8-14(19)13(9-10)18-15(20)17-12-6-4-3-5-11(12)16/h1-11,24H,(H2,22,23,25);2-11,21H,1H3,(H2,19,20,22);3-9,19H,2H2,1H3,(H2,17,18,20). The topological polar surface area (TPSA) is 227 Å². The summed E-state index contributed by atoms with van der Waals surface area (Å²) in [5.74, 6) is 0.00994. The van der Waals surface area contributed by atoms with E-state index >= 15 is 0 Å². The average molecular weight is 1080 g/mol. The normalized spacial score (nSPS) is 10.5. The molecule has 0 aromatic heterocycles. The number of halogens is 3. The first kappa shape index (κ1) is 52.4. The van der Waals surface area contributed by atoms with Crippen LogP contribution in [0.15, 0.2) is 179 Å². The number of fused-ring (bicyclic) bond motifs is 1. The number of sulfone groups is 1. The van der Waals surface area contributed by atoms with E-state index in [2.05, 4.69) is 47.8 Å². The molecule has 8 aromatic carbocycles. The van der Waals surface area contributed by atoms with Gasteiger partial charge in [-0.15, -0.1) is 0 Å². The van der Waals surface area contributed by atoms with Crippen molar-refractivity contribution < 1.29 is 42.9 Å². The van der Waals surface area contributed by atoms with Gasteiger partial charge in [0, 0.05) is 10.2 Å². The Labute approximate surface area is 427 Å². The number of benzene rings is 8. The molecule has 0 aliphatic rings. The lowest BCUT2D eigenvalue weighted by Gasteiger charge is -2.12. The summed E-state index contributed by atoms with van der Waals surface area (Å²) in [7, 11) is -1.89. The maximum atomic E-state index is 12.1. The summed E-state index contributed by atoms with van der Waals surface area (Å²) in [5.41, 5.74) is 4.40. The molecule has 0 aliphatic heterocycles. The summed E-state index contributed by atoms with van der Waals surface area (Å²) in [6, 6.07) is 47.6. The molecule has 364 valence electrons. The summed E-state index contributed by atoms with van der Waals surface area (Å²) in [6.07, 6.45) is 0. The molecule has 0 unspecified atom stereocenters. The number of amides is 6. The maximum Gasteiger partial charge on any atom is 0.323 e. The third kappa shape index (κ3) is 14.5. The van der Waals surface area contributed by atoms with Gasteiger partial charge in [0.25, 0.3) is 0 Å². The quantitative estimate of drug-likeness (QED) is 0.0593. The molecule has 0 saturated heterocycles. The van der Waals surface area contributed by atoms with Crippen LogP contribution in [0.3, 0.4) is 0 Å². The van der Waals surface area contributed by atoms with Crippen molar-refractivity contribution in [3.63, 3.8) is 0 Å². The number of rotatable bonds is 10. The van der Waals surface area contributed by atoms with Crippen molar-refractivity contribution in [1.29, 1.82) is 0 Å². The predicted octanol–water partition coefficient (Wildman–Crippen LogP) is 13.8. The van der Waals surface area contributed by atoms with Crippen molar-refractivity contribution in [1.82, 2.24) is 0 Å². The highest BCUT2D eigenvalue weighted by Crippen LogP contribution is 2.37. The van der Waals surface area contributed by atoms with Gasteiger partial charge in [0.05, 0.1) is 51.2 Å². The van der Waals surface area contributed by atoms with Crippen molar-refractivity contribution in [3.8, 4) is 34.1 Å². The van der Waals surface area contributed by atoms with Crippen LogP contribution in [0.5, 0.6) is 23.0 Å². The van der Waals surface area contributed by atoms with E-state index in [0.29, 0.717) is 33.0 Å². The van der Waals surface area contributed by atoms with Crippen LogP contribution < -0.4 is 36.6 Å². The second-order valence-electron chi connectivity index (χ2n) is 14.9. The summed E-state index contributed by atoms with van der Waals surface area (Å²) < 4.78 is 29.6. The minimum absolute atomic E-state index is 0.00770. The van der Waals surface area contributed by atoms with Crippen molar-refractivity contribution in [3.05, 3.63) is 184 Å². The number of phenolic OH excluding ortho intramolecular Hbond substituents is 3. The molecule has 8 aromatic rings. The number of anilines is 6. The van der Waals surface area contributed by atoms with Crippen molar-refractivity contribution in [2.75, 3.05) is 44.8 Å². The van der Waals surface area contributed by atoms with Gasteiger partial charge < -0.3 is 52.0 Å². The van der Waals surface area contributed by atoms with Crippen molar-refractivity contribution >= 4 is 112 Å². The molecule has 0 aliphatic carbocycles. The Kier molecular flexibility index (Phi) is 18.1. The van der Waals surface area contributed by atoms with Crippen LogP contribution >= 0.6 is 39.1 Å². The van der Waals surface area contributed by atoms with Gasteiger partial charge in [0.15, 0.2) is 15.6 Å². The smallest absolute Gasteiger partial charge is 0.323 e. The maximum absolute atomic E-state index is 12.1. The average Bonchev–Trinajstić information content (AvgIpc) is 3.36. The highest BCUT2D eigenvalue weighted by atomic mass is 79.9. The Bertz CT molecular complexity index is 3300. The lowest BCUT2D eigenvalue weighted by molar-refractivity contribution is 0.261. The predicted molar refractivity (Wildman–Crippen MR) is 287 cm³/mol. The number of aromatic hydroxyl groups is 3. The van der Waals surface area contributed by atoms with Crippen LogP contribution in [0.2, 0.25) is 10.0 Å². The molecule has 15 nitrogen and oxygen atoms in total. The summed E-state index contributed by atoms with van der Waals surface area (Å²) in [6.45, 7) is 1.52. The van der Waals surface area contributed by atoms with Gasteiger partial charge in [-0.05, 0) is 117 Å². The third-order valence-electron chi connectivity index (χ3n) is 10.1. The fraction of sp³-hybridized carbons (Fsp3) is 0.0577. The van der Waals surface area contributed by atoms with E-state index in [1.165, 1.54) is 44.4 Å². The molecule has 0 atom stereocenters. The number of phenols is 3. The first-order chi connectivity index (χ1) is 34.0. The molecule has 71 heavy (non-hydrogen) atoms. The van der Waals surface area contributed by atoms with Gasteiger partial charge in [-0.1, -0.05) is 121 Å². The minimum atomic E-state index is -3.43. The van der Waals surface area contributed by atoms with Gasteiger partial charge in [-0.2, -0.15) is 0 Å². The highest BCUT2D eigenvalue weighted by Gasteiger charge is 2.17. The largest absolute Gasteiger partial charge is 0.506 e. The van der Waals surface area contributed by atoms with E-state index in [1.54, 1.807) is 66.7 Å². The van der Waals surface area contributed by atoms with E-state index < -0.39 is 27.9 Å². The lowest BCUT2D eigenvalue weighted by Crippen LogP contribution is -2.20. The molecule has 19 heteroatoms. The number of methoxy groups -OCH3 is 1. The molecular weight excluding hydrogens is 1040 g/mol. The van der Waals surface area contributed by atoms with Gasteiger partial charge in [0.2, 0.25) is 0 Å². The zero-order valence-corrected chi connectivity index (χ0v) is 41.6. The molecule has 0 spiro atoms. The number of hydrogen-bond acceptors (Lipinski definition) is 9. The lowest BCUT2D eigenvalue weighted by atomic mass is 10.1. The SMILES string of the molecule is CCS(=O)(=O)c1ccc(O)c(NC(=O)Nc2ccccc2Br)c1.COc1ccccc1NC(=O)Nc1cc2ccccc2cc1O.O=C(Nc1ccc(-c2ccccc2)cc1)Nc1ccc(Cl)c(Cl)c1O. The molecule has 9 N–H and O–H groups in total. The van der Waals surface area contributed by atoms with Gasteiger partial charge in [-0.25, -0.2) is 22.8 Å². The first-order valence-electron chi connectivity index (χ1n) is 21.3. The fourth-order valence-electron chi connectivity index (χ4n) is 6.47. The van der Waals surface area contributed by atoms with Crippen LogP contribution in [0.25, 0.3) is 21.9 Å². The zero-order valence-electron chi connectivity index (χ0n) is 37.7. The molecule has 0 saturated carbocycles. The van der Waals surface area contributed by atoms with E-state index in [1.807, 2.05) is 72.8 Å². The molecule has 0 radical (unpaired) electrons. The fourth-order valence-corrected chi connectivity index (χ4v) is 8.08. The Hall–Kier alpha value is -7.96. The minimum Gasteiger partial charge on any atom is -0.506 e. The molecule has 0 heterocycles. The number of carbonyl (C=O) groups excluding carboxylic acids is 3. The Morgan fingerprint density at radius 3 is 1.70 bits per heavy atom. The number of urea groups is 3. The molecular formula is C52H45BrCl2N6O9S. The van der Waals surface area contributed by atoms with E-state index in [9.17, 15) is 38.1 Å². The van der Waals surface area contributed by atoms with Crippen LogP contribution in [0, 0.1) is 0 Å². The van der Waals surface area contributed by atoms with E-state index in [0.717, 1.165) is 21.9 Å². The Morgan fingerprint density at radius 2 is 1.06 bits per heavy atom. The molecule has 8 rings (SSSR count). The summed E-state index contributed by atoms with van der Waals surface area (Å²) in [5, 5.41) is 47.4. The molecule has 0 bridgehead atoms. The van der Waals surface area contributed by atoms with E-state index in [4.69, 9.17) is 27.9 Å². The van der Waals surface area contributed by atoms with Crippen LogP contribution in [-0.2, 0) is 9.84 Å². The monoisotopic (exact) mass is 1080 g/mol. The number of hydrogen-bond donors (Lipinski definition) is 9. The van der Waals surface area contributed by atoms with Gasteiger partial charge >= 0.3 is 18.1 Å². The second-order valence-corrected chi connectivity index (χ2v) is 18.8. The number of para-hydroxylation sites is 3.